The van der Waals surface area contributed by atoms with Crippen LogP contribution in [-0.4, -0.2) is 39.4 Å². The molecule has 0 fully saturated rings. The molecule has 0 radical (unpaired) electrons. The highest BCUT2D eigenvalue weighted by Crippen LogP contribution is 2.33. The van der Waals surface area contributed by atoms with Crippen LogP contribution in [0, 0.1) is 21.4 Å². The van der Waals surface area contributed by atoms with E-state index in [9.17, 15) is 33.4 Å². The summed E-state index contributed by atoms with van der Waals surface area (Å²) in [5.74, 6) is -1.31. The van der Waals surface area contributed by atoms with Gasteiger partial charge >= 0.3 is 10.1 Å². The Balaban J connectivity index is 1.88. The summed E-state index contributed by atoms with van der Waals surface area (Å²) in [4.78, 5) is 34.1. The van der Waals surface area contributed by atoms with Crippen LogP contribution in [0.5, 0.6) is 17.2 Å². The standard InChI is InChI=1S/C26H22N4O9S/c1-16(31)28-19-5-8-21(9-6-19)40(35,36)39-25-13-17(4-11-23(25)37-2)12-18(15-27)26(32)29-22-10-7-20(30(33)34)14-24(22)38-3/h4-14H,1-3H3,(H,28,31)(H,29,32)/b18-12+. The second-order valence-electron chi connectivity index (χ2n) is 7.92. The van der Waals surface area contributed by atoms with Crippen molar-refractivity contribution in [2.45, 2.75) is 11.8 Å². The Kier molecular flexibility index (Phi) is 9.05. The molecule has 3 aromatic carbocycles. The number of carbonyl (C=O) groups excluding carboxylic acids is 2. The van der Waals surface area contributed by atoms with Gasteiger partial charge in [0.1, 0.15) is 22.3 Å². The molecule has 0 saturated carbocycles. The Morgan fingerprint density at radius 2 is 1.62 bits per heavy atom. The van der Waals surface area contributed by atoms with Crippen molar-refractivity contribution < 1.29 is 36.6 Å². The fourth-order valence-electron chi connectivity index (χ4n) is 3.32. The number of hydrogen-bond acceptors (Lipinski definition) is 10. The van der Waals surface area contributed by atoms with Gasteiger partial charge in [-0.3, -0.25) is 19.7 Å². The number of benzene rings is 3. The highest BCUT2D eigenvalue weighted by Gasteiger charge is 2.21. The molecule has 0 heterocycles. The van der Waals surface area contributed by atoms with Gasteiger partial charge in [0.2, 0.25) is 5.91 Å². The van der Waals surface area contributed by atoms with Gasteiger partial charge in [0.15, 0.2) is 11.5 Å². The zero-order valence-corrected chi connectivity index (χ0v) is 22.1. The van der Waals surface area contributed by atoms with Crippen molar-refractivity contribution >= 4 is 45.1 Å². The molecule has 3 rings (SSSR count). The average molecular weight is 567 g/mol. The third-order valence-electron chi connectivity index (χ3n) is 5.17. The monoisotopic (exact) mass is 566 g/mol. The number of nitro benzene ring substituents is 1. The van der Waals surface area contributed by atoms with Crippen molar-refractivity contribution in [3.05, 3.63) is 81.9 Å². The topological polar surface area (TPSA) is 187 Å². The van der Waals surface area contributed by atoms with Crippen molar-refractivity contribution in [1.29, 1.82) is 5.26 Å². The predicted octanol–water partition coefficient (Wildman–Crippen LogP) is 3.88. The van der Waals surface area contributed by atoms with E-state index in [1.54, 1.807) is 6.07 Å². The number of nitrogens with zero attached hydrogens (tertiary/aromatic N) is 2. The lowest BCUT2D eigenvalue weighted by Crippen LogP contribution is -2.14. The summed E-state index contributed by atoms with van der Waals surface area (Å²) in [6, 6.07) is 14.7. The van der Waals surface area contributed by atoms with Gasteiger partial charge in [-0.1, -0.05) is 6.07 Å². The molecule has 0 atom stereocenters. The first-order valence-electron chi connectivity index (χ1n) is 11.2. The third-order valence-corrected chi connectivity index (χ3v) is 6.42. The van der Waals surface area contributed by atoms with E-state index < -0.39 is 20.9 Å². The predicted molar refractivity (Wildman–Crippen MR) is 143 cm³/mol. The summed E-state index contributed by atoms with van der Waals surface area (Å²) < 4.78 is 41.3. The lowest BCUT2D eigenvalue weighted by molar-refractivity contribution is -0.384. The number of non-ortho nitro benzene ring substituents is 1. The van der Waals surface area contributed by atoms with E-state index in [1.807, 2.05) is 0 Å². The maximum Gasteiger partial charge on any atom is 0.339 e. The number of rotatable bonds is 10. The van der Waals surface area contributed by atoms with Gasteiger partial charge < -0.3 is 24.3 Å². The van der Waals surface area contributed by atoms with Gasteiger partial charge in [-0.25, -0.2) is 0 Å². The smallest absolute Gasteiger partial charge is 0.339 e. The number of nitriles is 1. The molecule has 0 aliphatic carbocycles. The SMILES string of the molecule is COc1cc([N+](=O)[O-])ccc1NC(=O)/C(C#N)=C/c1ccc(OC)c(OS(=O)(=O)c2ccc(NC(C)=O)cc2)c1. The van der Waals surface area contributed by atoms with Crippen molar-refractivity contribution in [3.63, 3.8) is 0 Å². The van der Waals surface area contributed by atoms with E-state index in [2.05, 4.69) is 10.6 Å². The number of nitro groups is 1. The average Bonchev–Trinajstić information content (AvgIpc) is 2.91. The van der Waals surface area contributed by atoms with Crippen molar-refractivity contribution in [3.8, 4) is 23.3 Å². The molecule has 0 bridgehead atoms. The summed E-state index contributed by atoms with van der Waals surface area (Å²) in [6.07, 6.45) is 1.19. The van der Waals surface area contributed by atoms with E-state index >= 15 is 0 Å². The molecular formula is C26H22N4O9S. The molecule has 3 aromatic rings. The van der Waals surface area contributed by atoms with E-state index in [1.165, 1.54) is 75.8 Å². The van der Waals surface area contributed by atoms with Crippen LogP contribution < -0.4 is 24.3 Å². The molecule has 0 aliphatic heterocycles. The Morgan fingerprint density at radius 1 is 0.950 bits per heavy atom. The second kappa shape index (κ2) is 12.4. The highest BCUT2D eigenvalue weighted by atomic mass is 32.2. The fraction of sp³-hybridized carbons (Fsp3) is 0.115. The number of amides is 2. The number of anilines is 2. The first-order chi connectivity index (χ1) is 19.0. The first-order valence-corrected chi connectivity index (χ1v) is 12.6. The summed E-state index contributed by atoms with van der Waals surface area (Å²) in [7, 11) is -1.77. The molecule has 0 aliphatic rings. The lowest BCUT2D eigenvalue weighted by atomic mass is 10.1. The van der Waals surface area contributed by atoms with Crippen LogP contribution in [-0.2, 0) is 19.7 Å². The summed E-state index contributed by atoms with van der Waals surface area (Å²) in [5.41, 5.74) is 0.0935. The van der Waals surface area contributed by atoms with Gasteiger partial charge in [-0.2, -0.15) is 13.7 Å². The zero-order valence-electron chi connectivity index (χ0n) is 21.3. The fourth-order valence-corrected chi connectivity index (χ4v) is 4.26. The molecule has 0 saturated heterocycles. The molecule has 0 spiro atoms. The molecule has 2 amide bonds. The van der Waals surface area contributed by atoms with E-state index in [-0.39, 0.29) is 50.6 Å². The Bertz CT molecular complexity index is 1640. The van der Waals surface area contributed by atoms with Crippen LogP contribution in [0.25, 0.3) is 6.08 Å². The number of methoxy groups -OCH3 is 2. The van der Waals surface area contributed by atoms with E-state index in [0.29, 0.717) is 5.69 Å². The van der Waals surface area contributed by atoms with Crippen molar-refractivity contribution in [2.24, 2.45) is 0 Å². The van der Waals surface area contributed by atoms with E-state index in [4.69, 9.17) is 13.7 Å². The van der Waals surface area contributed by atoms with Gasteiger partial charge in [0.05, 0.1) is 30.9 Å². The Morgan fingerprint density at radius 3 is 2.20 bits per heavy atom. The molecule has 2 N–H and O–H groups in total. The van der Waals surface area contributed by atoms with Crippen LogP contribution in [0.1, 0.15) is 12.5 Å². The van der Waals surface area contributed by atoms with Gasteiger partial charge in [0.25, 0.3) is 11.6 Å². The van der Waals surface area contributed by atoms with E-state index in [0.717, 1.165) is 12.1 Å². The third kappa shape index (κ3) is 7.11. The highest BCUT2D eigenvalue weighted by molar-refractivity contribution is 7.87. The largest absolute Gasteiger partial charge is 0.494 e. The van der Waals surface area contributed by atoms with Crippen LogP contribution in [0.3, 0.4) is 0 Å². The van der Waals surface area contributed by atoms with Crippen LogP contribution in [0.4, 0.5) is 17.1 Å². The maximum atomic E-state index is 12.9. The quantitative estimate of drug-likeness (QED) is 0.120. The molecule has 206 valence electrons. The maximum absolute atomic E-state index is 12.9. The molecule has 14 heteroatoms. The summed E-state index contributed by atoms with van der Waals surface area (Å²) >= 11 is 0. The van der Waals surface area contributed by atoms with Crippen molar-refractivity contribution in [2.75, 3.05) is 24.9 Å². The number of carbonyl (C=O) groups is 2. The van der Waals surface area contributed by atoms with Gasteiger partial charge in [0, 0.05) is 18.7 Å². The number of ether oxygens (including phenoxy) is 2. The minimum Gasteiger partial charge on any atom is -0.494 e. The van der Waals surface area contributed by atoms with Crippen LogP contribution in [0.2, 0.25) is 0 Å². The number of hydrogen-bond donors (Lipinski definition) is 2. The summed E-state index contributed by atoms with van der Waals surface area (Å²) in [6.45, 7) is 1.31. The number of nitrogens with one attached hydrogen (secondary N) is 2. The summed E-state index contributed by atoms with van der Waals surface area (Å²) in [5, 5.41) is 25.6. The van der Waals surface area contributed by atoms with Crippen LogP contribution in [0.15, 0.2) is 71.1 Å². The first kappa shape index (κ1) is 29.1. The Hall–Kier alpha value is -5.42. The molecular weight excluding hydrogens is 544 g/mol. The molecule has 40 heavy (non-hydrogen) atoms. The minimum atomic E-state index is -4.34. The second-order valence-corrected chi connectivity index (χ2v) is 9.47. The normalized spacial score (nSPS) is 11.1. The van der Waals surface area contributed by atoms with Crippen molar-refractivity contribution in [1.82, 2.24) is 0 Å². The van der Waals surface area contributed by atoms with Gasteiger partial charge in [-0.05, 0) is 54.1 Å². The molecule has 0 aromatic heterocycles. The molecule has 13 nitrogen and oxygen atoms in total. The van der Waals surface area contributed by atoms with Crippen LogP contribution >= 0.6 is 0 Å². The Labute approximate surface area is 228 Å². The lowest BCUT2D eigenvalue weighted by Gasteiger charge is -2.12. The zero-order chi connectivity index (χ0) is 29.4. The van der Waals surface area contributed by atoms with Gasteiger partial charge in [-0.15, -0.1) is 0 Å². The minimum absolute atomic E-state index is 0.00953. The molecule has 0 unspecified atom stereocenters.